The standard InChI is InChI=1S/C14H13ClF3N/c1-7(2)9-4-5-11-10(6-9)12(15)8(3)13(19-11)14(16,17)18/h4-7H,1-3H3. The van der Waals surface area contributed by atoms with E-state index in [-0.39, 0.29) is 22.0 Å². The summed E-state index contributed by atoms with van der Waals surface area (Å²) in [7, 11) is 0. The molecule has 1 aromatic carbocycles. The van der Waals surface area contributed by atoms with Crippen LogP contribution in [0.4, 0.5) is 13.2 Å². The van der Waals surface area contributed by atoms with Crippen molar-refractivity contribution in [2.45, 2.75) is 32.9 Å². The van der Waals surface area contributed by atoms with Crippen molar-refractivity contribution in [2.75, 3.05) is 0 Å². The van der Waals surface area contributed by atoms with Crippen LogP contribution in [0.1, 0.15) is 36.6 Å². The molecule has 0 aliphatic heterocycles. The number of nitrogens with zero attached hydrogens (tertiary/aromatic N) is 1. The van der Waals surface area contributed by atoms with Crippen LogP contribution in [0, 0.1) is 6.92 Å². The minimum Gasteiger partial charge on any atom is -0.243 e. The Labute approximate surface area is 114 Å². The monoisotopic (exact) mass is 287 g/mol. The molecule has 0 spiro atoms. The van der Waals surface area contributed by atoms with E-state index in [2.05, 4.69) is 4.98 Å². The Bertz CT molecular complexity index is 633. The van der Waals surface area contributed by atoms with Crippen molar-refractivity contribution >= 4 is 22.5 Å². The molecule has 1 nitrogen and oxygen atoms in total. The summed E-state index contributed by atoms with van der Waals surface area (Å²) in [6, 6.07) is 5.18. The molecule has 0 saturated heterocycles. The normalized spacial score (nSPS) is 12.4. The molecule has 1 heterocycles. The number of pyridine rings is 1. The fraction of sp³-hybridized carbons (Fsp3) is 0.357. The summed E-state index contributed by atoms with van der Waals surface area (Å²) < 4.78 is 38.5. The lowest BCUT2D eigenvalue weighted by Gasteiger charge is -2.14. The Kier molecular flexibility index (Phi) is 3.47. The average Bonchev–Trinajstić information content (AvgIpc) is 2.31. The molecule has 0 aliphatic carbocycles. The first-order valence-electron chi connectivity index (χ1n) is 5.88. The first-order chi connectivity index (χ1) is 8.71. The molecule has 19 heavy (non-hydrogen) atoms. The van der Waals surface area contributed by atoms with Gasteiger partial charge in [-0.15, -0.1) is 0 Å². The predicted molar refractivity (Wildman–Crippen MR) is 70.6 cm³/mol. The summed E-state index contributed by atoms with van der Waals surface area (Å²) in [4.78, 5) is 3.70. The van der Waals surface area contributed by atoms with E-state index in [1.165, 1.54) is 6.92 Å². The fourth-order valence-electron chi connectivity index (χ4n) is 1.97. The zero-order valence-electron chi connectivity index (χ0n) is 10.8. The molecule has 0 N–H and O–H groups in total. The third-order valence-corrected chi connectivity index (χ3v) is 3.60. The number of halogens is 4. The highest BCUT2D eigenvalue weighted by molar-refractivity contribution is 6.36. The van der Waals surface area contributed by atoms with Gasteiger partial charge in [0.25, 0.3) is 0 Å². The van der Waals surface area contributed by atoms with Gasteiger partial charge in [0.15, 0.2) is 0 Å². The van der Waals surface area contributed by atoms with E-state index < -0.39 is 11.9 Å². The van der Waals surface area contributed by atoms with Gasteiger partial charge in [-0.3, -0.25) is 0 Å². The van der Waals surface area contributed by atoms with Gasteiger partial charge in [0.05, 0.1) is 10.5 Å². The lowest BCUT2D eigenvalue weighted by Crippen LogP contribution is -2.11. The number of benzene rings is 1. The number of aromatic nitrogens is 1. The van der Waals surface area contributed by atoms with E-state index in [9.17, 15) is 13.2 Å². The summed E-state index contributed by atoms with van der Waals surface area (Å²) in [6.07, 6.45) is -4.49. The first-order valence-corrected chi connectivity index (χ1v) is 6.26. The third kappa shape index (κ3) is 2.54. The number of rotatable bonds is 1. The minimum absolute atomic E-state index is 0.0254. The summed E-state index contributed by atoms with van der Waals surface area (Å²) >= 11 is 6.07. The van der Waals surface area contributed by atoms with Crippen molar-refractivity contribution < 1.29 is 13.2 Å². The lowest BCUT2D eigenvalue weighted by atomic mass is 10.00. The van der Waals surface area contributed by atoms with Crippen LogP contribution in [-0.4, -0.2) is 4.98 Å². The number of alkyl halides is 3. The molecule has 1 aromatic heterocycles. The van der Waals surface area contributed by atoms with Crippen LogP contribution in [-0.2, 0) is 6.18 Å². The number of hydrogen-bond acceptors (Lipinski definition) is 1. The van der Waals surface area contributed by atoms with Gasteiger partial charge in [-0.2, -0.15) is 13.2 Å². The molecule has 0 fully saturated rings. The highest BCUT2D eigenvalue weighted by Crippen LogP contribution is 2.37. The van der Waals surface area contributed by atoms with Crippen molar-refractivity contribution in [1.29, 1.82) is 0 Å². The molecule has 2 rings (SSSR count). The Balaban J connectivity index is 2.77. The maximum Gasteiger partial charge on any atom is 0.433 e. The molecule has 0 aliphatic rings. The molecular weight excluding hydrogens is 275 g/mol. The third-order valence-electron chi connectivity index (χ3n) is 3.11. The first kappa shape index (κ1) is 14.1. The van der Waals surface area contributed by atoms with Gasteiger partial charge in [-0.25, -0.2) is 4.98 Å². The minimum atomic E-state index is -4.49. The van der Waals surface area contributed by atoms with Gasteiger partial charge in [-0.05, 0) is 36.1 Å². The largest absolute Gasteiger partial charge is 0.433 e. The highest BCUT2D eigenvalue weighted by atomic mass is 35.5. The van der Waals surface area contributed by atoms with Gasteiger partial charge in [-0.1, -0.05) is 31.5 Å². The van der Waals surface area contributed by atoms with Crippen LogP contribution >= 0.6 is 11.6 Å². The molecule has 0 amide bonds. The zero-order valence-corrected chi connectivity index (χ0v) is 11.5. The van der Waals surface area contributed by atoms with E-state index in [1.54, 1.807) is 12.1 Å². The van der Waals surface area contributed by atoms with Crippen LogP contribution in [0.3, 0.4) is 0 Å². The van der Waals surface area contributed by atoms with Crippen LogP contribution in [0.5, 0.6) is 0 Å². The maximum absolute atomic E-state index is 12.8. The SMILES string of the molecule is Cc1c(C(F)(F)F)nc2ccc(C(C)C)cc2c1Cl. The van der Waals surface area contributed by atoms with Crippen molar-refractivity contribution in [2.24, 2.45) is 0 Å². The second-order valence-electron chi connectivity index (χ2n) is 4.83. The molecule has 2 aromatic rings. The van der Waals surface area contributed by atoms with E-state index in [0.29, 0.717) is 5.39 Å². The Hall–Kier alpha value is -1.29. The summed E-state index contributed by atoms with van der Waals surface area (Å²) in [5, 5.41) is 0.693. The lowest BCUT2D eigenvalue weighted by molar-refractivity contribution is -0.141. The van der Waals surface area contributed by atoms with Crippen molar-refractivity contribution in [1.82, 2.24) is 4.98 Å². The van der Waals surface area contributed by atoms with Crippen molar-refractivity contribution in [3.8, 4) is 0 Å². The molecule has 0 saturated carbocycles. The number of hydrogen-bond donors (Lipinski definition) is 0. The van der Waals surface area contributed by atoms with Gasteiger partial charge in [0, 0.05) is 5.39 Å². The van der Waals surface area contributed by atoms with Gasteiger partial charge >= 0.3 is 6.18 Å². The van der Waals surface area contributed by atoms with Gasteiger partial charge in [0.1, 0.15) is 5.69 Å². The second kappa shape index (κ2) is 4.67. The Morgan fingerprint density at radius 1 is 1.21 bits per heavy atom. The zero-order chi connectivity index (χ0) is 14.4. The molecule has 0 unspecified atom stereocenters. The Morgan fingerprint density at radius 2 is 1.84 bits per heavy atom. The predicted octanol–water partition coefficient (Wildman–Crippen LogP) is 5.34. The quantitative estimate of drug-likeness (QED) is 0.690. The Morgan fingerprint density at radius 3 is 2.37 bits per heavy atom. The number of fused-ring (bicyclic) bond motifs is 1. The van der Waals surface area contributed by atoms with E-state index in [4.69, 9.17) is 11.6 Å². The average molecular weight is 288 g/mol. The van der Waals surface area contributed by atoms with Gasteiger partial charge in [0.2, 0.25) is 0 Å². The molecule has 0 bridgehead atoms. The summed E-state index contributed by atoms with van der Waals surface area (Å²) in [6.45, 7) is 5.37. The summed E-state index contributed by atoms with van der Waals surface area (Å²) in [5.41, 5.74) is 0.354. The highest BCUT2D eigenvalue weighted by Gasteiger charge is 2.35. The van der Waals surface area contributed by atoms with E-state index in [0.717, 1.165) is 5.56 Å². The van der Waals surface area contributed by atoms with Crippen LogP contribution in [0.25, 0.3) is 10.9 Å². The molecule has 0 radical (unpaired) electrons. The molecule has 5 heteroatoms. The topological polar surface area (TPSA) is 12.9 Å². The smallest absolute Gasteiger partial charge is 0.243 e. The van der Waals surface area contributed by atoms with E-state index in [1.807, 2.05) is 19.9 Å². The molecule has 102 valence electrons. The van der Waals surface area contributed by atoms with E-state index >= 15 is 0 Å². The molecule has 0 atom stereocenters. The summed E-state index contributed by atoms with van der Waals surface area (Å²) in [5.74, 6) is 0.281. The second-order valence-corrected chi connectivity index (χ2v) is 5.21. The van der Waals surface area contributed by atoms with Crippen molar-refractivity contribution in [3.05, 3.63) is 40.0 Å². The van der Waals surface area contributed by atoms with Gasteiger partial charge < -0.3 is 0 Å². The fourth-order valence-corrected chi connectivity index (χ4v) is 2.21. The molecular formula is C14H13ClF3N. The van der Waals surface area contributed by atoms with Crippen LogP contribution in [0.15, 0.2) is 18.2 Å². The maximum atomic E-state index is 12.8. The van der Waals surface area contributed by atoms with Crippen molar-refractivity contribution in [3.63, 3.8) is 0 Å². The van der Waals surface area contributed by atoms with Crippen LogP contribution < -0.4 is 0 Å². The van der Waals surface area contributed by atoms with Crippen LogP contribution in [0.2, 0.25) is 5.02 Å².